The predicted molar refractivity (Wildman–Crippen MR) is 89.2 cm³/mol. The van der Waals surface area contributed by atoms with Gasteiger partial charge in [-0.2, -0.15) is 0 Å². The number of nitrogens with zero attached hydrogens (tertiary/aromatic N) is 1. The number of hydrogen-bond donors (Lipinski definition) is 2. The zero-order valence-corrected chi connectivity index (χ0v) is 14.3. The summed E-state index contributed by atoms with van der Waals surface area (Å²) in [4.78, 5) is 23.0. The molecule has 0 bridgehead atoms. The molecule has 2 rings (SSSR count). The second-order valence-corrected chi connectivity index (χ2v) is 8.05. The first-order valence-electron chi connectivity index (χ1n) is 6.84. The van der Waals surface area contributed by atoms with E-state index in [-0.39, 0.29) is 28.8 Å². The number of carbonyl (C=O) groups excluding carboxylic acids is 1. The van der Waals surface area contributed by atoms with Crippen molar-refractivity contribution in [3.63, 3.8) is 0 Å². The minimum absolute atomic E-state index is 0.105. The van der Waals surface area contributed by atoms with Gasteiger partial charge in [-0.3, -0.25) is 14.9 Å². The zero-order chi connectivity index (χ0) is 17.7. The molecule has 0 aliphatic rings. The smallest absolute Gasteiger partial charge is 0.273 e. The number of hydrogen-bond acceptors (Lipinski definition) is 6. The molecule has 1 aromatic carbocycles. The third-order valence-electron chi connectivity index (χ3n) is 3.17. The standard InChI is InChI=1S/C14H15N3O5S2/c1-15-24(21,22)14-7-6-11(23-14)9-16-13(18)8-10-4-2-3-5-12(10)17(19)20/h2-7,15H,8-9H2,1H3,(H,16,18). The third kappa shape index (κ3) is 4.37. The quantitative estimate of drug-likeness (QED) is 0.565. The average molecular weight is 369 g/mol. The number of rotatable bonds is 7. The Bertz CT molecular complexity index is 861. The number of amides is 1. The van der Waals surface area contributed by atoms with Crippen LogP contribution in [0.5, 0.6) is 0 Å². The summed E-state index contributed by atoms with van der Waals surface area (Å²) in [6, 6.07) is 9.11. The molecule has 0 radical (unpaired) electrons. The van der Waals surface area contributed by atoms with Crippen molar-refractivity contribution in [1.82, 2.24) is 10.0 Å². The van der Waals surface area contributed by atoms with E-state index < -0.39 is 14.9 Å². The summed E-state index contributed by atoms with van der Waals surface area (Å²) in [7, 11) is -2.18. The van der Waals surface area contributed by atoms with E-state index >= 15 is 0 Å². The molecule has 0 unspecified atom stereocenters. The lowest BCUT2D eigenvalue weighted by Crippen LogP contribution is -2.24. The van der Waals surface area contributed by atoms with Crippen LogP contribution in [0.4, 0.5) is 5.69 Å². The number of sulfonamides is 1. The van der Waals surface area contributed by atoms with Crippen molar-refractivity contribution >= 4 is 33.0 Å². The number of para-hydroxylation sites is 1. The van der Waals surface area contributed by atoms with E-state index in [1.54, 1.807) is 12.1 Å². The molecule has 0 saturated carbocycles. The van der Waals surface area contributed by atoms with Gasteiger partial charge in [0, 0.05) is 16.5 Å². The van der Waals surface area contributed by atoms with Crippen LogP contribution in [-0.4, -0.2) is 26.3 Å². The Balaban J connectivity index is 1.99. The largest absolute Gasteiger partial charge is 0.351 e. The second kappa shape index (κ2) is 7.51. The number of nitro groups is 1. The molecule has 0 aliphatic heterocycles. The van der Waals surface area contributed by atoms with Crippen molar-refractivity contribution in [1.29, 1.82) is 0 Å². The number of nitrogens with one attached hydrogen (secondary N) is 2. The fraction of sp³-hybridized carbons (Fsp3) is 0.214. The van der Waals surface area contributed by atoms with Crippen molar-refractivity contribution in [3.05, 3.63) is 57.0 Å². The van der Waals surface area contributed by atoms with Crippen molar-refractivity contribution in [3.8, 4) is 0 Å². The molecule has 2 N–H and O–H groups in total. The monoisotopic (exact) mass is 369 g/mol. The fourth-order valence-electron chi connectivity index (χ4n) is 1.96. The zero-order valence-electron chi connectivity index (χ0n) is 12.7. The van der Waals surface area contributed by atoms with Gasteiger partial charge in [-0.1, -0.05) is 18.2 Å². The number of carbonyl (C=O) groups is 1. The highest BCUT2D eigenvalue weighted by molar-refractivity contribution is 7.91. The van der Waals surface area contributed by atoms with Crippen LogP contribution < -0.4 is 10.0 Å². The minimum Gasteiger partial charge on any atom is -0.351 e. The molecule has 0 atom stereocenters. The van der Waals surface area contributed by atoms with Crippen molar-refractivity contribution in [2.45, 2.75) is 17.2 Å². The summed E-state index contributed by atoms with van der Waals surface area (Å²) in [6.07, 6.45) is -0.121. The van der Waals surface area contributed by atoms with E-state index in [0.717, 1.165) is 11.3 Å². The Morgan fingerprint density at radius 3 is 2.62 bits per heavy atom. The van der Waals surface area contributed by atoms with Crippen LogP contribution in [0.3, 0.4) is 0 Å². The summed E-state index contributed by atoms with van der Waals surface area (Å²) in [6.45, 7) is 0.156. The third-order valence-corrected chi connectivity index (χ3v) is 6.16. The molecule has 128 valence electrons. The van der Waals surface area contributed by atoms with Crippen molar-refractivity contribution in [2.75, 3.05) is 7.05 Å². The maximum absolute atomic E-state index is 12.0. The molecule has 10 heteroatoms. The van der Waals surface area contributed by atoms with E-state index in [2.05, 4.69) is 10.0 Å². The lowest BCUT2D eigenvalue weighted by Gasteiger charge is -2.04. The summed E-state index contributed by atoms with van der Waals surface area (Å²) < 4.78 is 25.7. The summed E-state index contributed by atoms with van der Waals surface area (Å²) in [5.41, 5.74) is 0.218. The van der Waals surface area contributed by atoms with Gasteiger partial charge in [0.05, 0.1) is 17.9 Å². The normalized spacial score (nSPS) is 11.2. The summed E-state index contributed by atoms with van der Waals surface area (Å²) in [5.74, 6) is -0.379. The van der Waals surface area contributed by atoms with Gasteiger partial charge in [-0.25, -0.2) is 13.1 Å². The molecule has 0 fully saturated rings. The Morgan fingerprint density at radius 1 is 1.25 bits per heavy atom. The van der Waals surface area contributed by atoms with Gasteiger partial charge < -0.3 is 5.32 Å². The van der Waals surface area contributed by atoms with Gasteiger partial charge in [-0.05, 0) is 19.2 Å². The van der Waals surface area contributed by atoms with Gasteiger partial charge in [0.15, 0.2) is 0 Å². The highest BCUT2D eigenvalue weighted by atomic mass is 32.2. The van der Waals surface area contributed by atoms with E-state index in [1.807, 2.05) is 0 Å². The molecule has 2 aromatic rings. The maximum Gasteiger partial charge on any atom is 0.273 e. The maximum atomic E-state index is 12.0. The molecule has 1 amide bonds. The van der Waals surface area contributed by atoms with E-state index in [4.69, 9.17) is 0 Å². The Hall–Kier alpha value is -2.30. The molecule has 8 nitrogen and oxygen atoms in total. The summed E-state index contributed by atoms with van der Waals surface area (Å²) in [5, 5.41) is 13.6. The van der Waals surface area contributed by atoms with Crippen LogP contribution >= 0.6 is 11.3 Å². The predicted octanol–water partition coefficient (Wildman–Crippen LogP) is 1.42. The van der Waals surface area contributed by atoms with Crippen LogP contribution in [0.1, 0.15) is 10.4 Å². The van der Waals surface area contributed by atoms with Gasteiger partial charge in [0.25, 0.3) is 5.69 Å². The molecular formula is C14H15N3O5S2. The highest BCUT2D eigenvalue weighted by Crippen LogP contribution is 2.21. The molecule has 1 aromatic heterocycles. The molecule has 24 heavy (non-hydrogen) atoms. The van der Waals surface area contributed by atoms with E-state index in [1.165, 1.54) is 31.3 Å². The number of nitro benzene ring substituents is 1. The first-order valence-corrected chi connectivity index (χ1v) is 9.14. The van der Waals surface area contributed by atoms with E-state index in [9.17, 15) is 23.3 Å². The van der Waals surface area contributed by atoms with E-state index in [0.29, 0.717) is 10.4 Å². The number of thiophene rings is 1. The topological polar surface area (TPSA) is 118 Å². The molecule has 0 spiro atoms. The molecule has 0 aliphatic carbocycles. The first-order chi connectivity index (χ1) is 11.3. The molecule has 1 heterocycles. The fourth-order valence-corrected chi connectivity index (χ4v) is 4.09. The lowest BCUT2D eigenvalue weighted by atomic mass is 10.1. The Kier molecular flexibility index (Phi) is 5.65. The Labute approximate surface area is 142 Å². The van der Waals surface area contributed by atoms with Crippen molar-refractivity contribution in [2.24, 2.45) is 0 Å². The van der Waals surface area contributed by atoms with Gasteiger partial charge in [0.2, 0.25) is 15.9 Å². The minimum atomic E-state index is -3.50. The van der Waals surface area contributed by atoms with Gasteiger partial charge in [0.1, 0.15) is 4.21 Å². The molecular weight excluding hydrogens is 354 g/mol. The Morgan fingerprint density at radius 2 is 1.96 bits per heavy atom. The van der Waals surface area contributed by atoms with Crippen LogP contribution in [0.2, 0.25) is 0 Å². The highest BCUT2D eigenvalue weighted by Gasteiger charge is 2.17. The second-order valence-electron chi connectivity index (χ2n) is 4.77. The van der Waals surface area contributed by atoms with Gasteiger partial charge in [-0.15, -0.1) is 11.3 Å². The SMILES string of the molecule is CNS(=O)(=O)c1ccc(CNC(=O)Cc2ccccc2[N+](=O)[O-])s1. The number of benzene rings is 1. The lowest BCUT2D eigenvalue weighted by molar-refractivity contribution is -0.385. The van der Waals surface area contributed by atoms with Crippen molar-refractivity contribution < 1.29 is 18.1 Å². The van der Waals surface area contributed by atoms with Gasteiger partial charge >= 0.3 is 0 Å². The average Bonchev–Trinajstić information content (AvgIpc) is 3.03. The molecule has 0 saturated heterocycles. The first kappa shape index (κ1) is 18.0. The van der Waals surface area contributed by atoms with Crippen LogP contribution in [-0.2, 0) is 27.8 Å². The van der Waals surface area contributed by atoms with Crippen LogP contribution in [0, 0.1) is 10.1 Å². The summed E-state index contributed by atoms with van der Waals surface area (Å²) >= 11 is 1.05. The van der Waals surface area contributed by atoms with Crippen LogP contribution in [0.25, 0.3) is 0 Å². The van der Waals surface area contributed by atoms with Crippen LogP contribution in [0.15, 0.2) is 40.6 Å².